The minimum absolute atomic E-state index is 0.0102. The highest BCUT2D eigenvalue weighted by Gasteiger charge is 2.39. The lowest BCUT2D eigenvalue weighted by atomic mass is 10.00. The number of fused-ring (bicyclic) bond motifs is 1. The van der Waals surface area contributed by atoms with Gasteiger partial charge in [-0.25, -0.2) is 14.6 Å². The van der Waals surface area contributed by atoms with Crippen LogP contribution in [0.3, 0.4) is 0 Å². The lowest BCUT2D eigenvalue weighted by Crippen LogP contribution is -2.54. The Labute approximate surface area is 234 Å². The van der Waals surface area contributed by atoms with Crippen LogP contribution >= 0.6 is 0 Å². The van der Waals surface area contributed by atoms with E-state index in [2.05, 4.69) is 10.3 Å². The Morgan fingerprint density at radius 1 is 1.18 bits per heavy atom. The van der Waals surface area contributed by atoms with Crippen molar-refractivity contribution in [3.8, 4) is 0 Å². The molecular formula is C30H41N5O5. The Morgan fingerprint density at radius 3 is 2.48 bits per heavy atom. The number of nitrogens with one attached hydrogen (secondary N) is 1. The number of para-hydroxylation sites is 1. The first-order valence-corrected chi connectivity index (χ1v) is 14.2. The molecule has 0 spiro atoms. The molecule has 1 aliphatic rings. The summed E-state index contributed by atoms with van der Waals surface area (Å²) >= 11 is 0. The van der Waals surface area contributed by atoms with Gasteiger partial charge in [0.15, 0.2) is 5.69 Å². The normalized spacial score (nSPS) is 16.1. The smallest absolute Gasteiger partial charge is 0.358 e. The molecular weight excluding hydrogens is 510 g/mol. The van der Waals surface area contributed by atoms with Crippen LogP contribution in [0.15, 0.2) is 34.9 Å². The Hall–Kier alpha value is -3.66. The van der Waals surface area contributed by atoms with Crippen LogP contribution in [-0.2, 0) is 18.3 Å². The standard InChI is InChI=1S/C30H41N5O5/c1-18(2)15-23(31)28(36)35(30(39)32-21-11-7-5-6-8-12-21)25(27-33-26(29(37)38)19(3)40-27)16-20-17-34(4)24-14-10-9-13-22(20)24/h9-10,13-14,17-18,21,23,25H,5-8,11-12,15-16,31H2,1-4H3,(H,32,39)(H,37,38)/t23-,25+/m0/s1. The van der Waals surface area contributed by atoms with E-state index in [1.807, 2.05) is 55.9 Å². The minimum atomic E-state index is -1.24. The second-order valence-corrected chi connectivity index (χ2v) is 11.3. The van der Waals surface area contributed by atoms with Gasteiger partial charge in [-0.05, 0) is 43.7 Å². The van der Waals surface area contributed by atoms with Crippen molar-refractivity contribution in [1.29, 1.82) is 0 Å². The number of hydrogen-bond donors (Lipinski definition) is 3. The number of nitrogens with zero attached hydrogens (tertiary/aromatic N) is 3. The summed E-state index contributed by atoms with van der Waals surface area (Å²) < 4.78 is 7.85. The molecule has 4 N–H and O–H groups in total. The average molecular weight is 552 g/mol. The molecule has 1 aliphatic carbocycles. The zero-order valence-electron chi connectivity index (χ0n) is 23.9. The van der Waals surface area contributed by atoms with Crippen molar-refractivity contribution in [1.82, 2.24) is 19.8 Å². The number of benzene rings is 1. The fraction of sp³-hybridized carbons (Fsp3) is 0.533. The maximum atomic E-state index is 14.0. The molecule has 0 bridgehead atoms. The SMILES string of the molecule is Cc1oc([C@@H](Cc2cn(C)c3ccccc23)N(C(=O)NC2CCCCCC2)C(=O)[C@@H](N)CC(C)C)nc1C(=O)O. The summed E-state index contributed by atoms with van der Waals surface area (Å²) in [5.74, 6) is -1.56. The Kier molecular flexibility index (Phi) is 9.29. The number of rotatable bonds is 9. The molecule has 3 aromatic rings. The summed E-state index contributed by atoms with van der Waals surface area (Å²) in [5, 5.41) is 13.7. The van der Waals surface area contributed by atoms with E-state index in [1.165, 1.54) is 6.92 Å². The number of amides is 3. The number of urea groups is 1. The van der Waals surface area contributed by atoms with E-state index in [-0.39, 0.29) is 35.7 Å². The quantitative estimate of drug-likeness (QED) is 0.314. The number of aromatic nitrogens is 2. The summed E-state index contributed by atoms with van der Waals surface area (Å²) in [5.41, 5.74) is 7.99. The number of aryl methyl sites for hydroxylation is 2. The van der Waals surface area contributed by atoms with E-state index >= 15 is 0 Å². The fourth-order valence-electron chi connectivity index (χ4n) is 5.69. The summed E-state index contributed by atoms with van der Waals surface area (Å²) in [7, 11) is 1.93. The highest BCUT2D eigenvalue weighted by atomic mass is 16.4. The first-order chi connectivity index (χ1) is 19.1. The summed E-state index contributed by atoms with van der Waals surface area (Å²) in [6.07, 6.45) is 8.43. The maximum Gasteiger partial charge on any atom is 0.358 e. The summed E-state index contributed by atoms with van der Waals surface area (Å²) in [6, 6.07) is 5.29. The van der Waals surface area contributed by atoms with Gasteiger partial charge in [0.25, 0.3) is 0 Å². The molecule has 0 aliphatic heterocycles. The Bertz CT molecular complexity index is 1350. The molecule has 2 atom stereocenters. The molecule has 10 heteroatoms. The van der Waals surface area contributed by atoms with Crippen molar-refractivity contribution in [3.63, 3.8) is 0 Å². The van der Waals surface area contributed by atoms with Gasteiger partial charge in [-0.2, -0.15) is 0 Å². The van der Waals surface area contributed by atoms with E-state index in [0.29, 0.717) is 6.42 Å². The van der Waals surface area contributed by atoms with Crippen LogP contribution in [0.4, 0.5) is 4.79 Å². The zero-order valence-corrected chi connectivity index (χ0v) is 23.9. The lowest BCUT2D eigenvalue weighted by Gasteiger charge is -2.32. The molecule has 10 nitrogen and oxygen atoms in total. The topological polar surface area (TPSA) is 144 Å². The predicted molar refractivity (Wildman–Crippen MR) is 152 cm³/mol. The van der Waals surface area contributed by atoms with Crippen molar-refractivity contribution < 1.29 is 23.9 Å². The largest absolute Gasteiger partial charge is 0.476 e. The van der Waals surface area contributed by atoms with Gasteiger partial charge in [0.05, 0.1) is 6.04 Å². The molecule has 1 aromatic carbocycles. The highest BCUT2D eigenvalue weighted by molar-refractivity contribution is 5.98. The minimum Gasteiger partial charge on any atom is -0.476 e. The molecule has 2 aromatic heterocycles. The van der Waals surface area contributed by atoms with E-state index in [1.54, 1.807) is 0 Å². The monoisotopic (exact) mass is 551 g/mol. The van der Waals surface area contributed by atoms with Gasteiger partial charge in [0.1, 0.15) is 11.8 Å². The van der Waals surface area contributed by atoms with Crippen LogP contribution in [-0.4, -0.2) is 49.5 Å². The number of oxazole rings is 1. The van der Waals surface area contributed by atoms with Gasteiger partial charge in [0, 0.05) is 36.6 Å². The van der Waals surface area contributed by atoms with E-state index in [0.717, 1.165) is 59.9 Å². The van der Waals surface area contributed by atoms with Crippen molar-refractivity contribution >= 4 is 28.8 Å². The molecule has 0 radical (unpaired) electrons. The fourth-order valence-corrected chi connectivity index (χ4v) is 5.69. The lowest BCUT2D eigenvalue weighted by molar-refractivity contribution is -0.132. The third-order valence-electron chi connectivity index (χ3n) is 7.69. The van der Waals surface area contributed by atoms with Crippen LogP contribution < -0.4 is 11.1 Å². The zero-order chi connectivity index (χ0) is 29.0. The maximum absolute atomic E-state index is 14.0. The predicted octanol–water partition coefficient (Wildman–Crippen LogP) is 5.09. The third-order valence-corrected chi connectivity index (χ3v) is 7.69. The Balaban J connectivity index is 1.81. The number of carboxylic acids is 1. The average Bonchev–Trinajstić information content (AvgIpc) is 3.32. The number of aromatic carboxylic acids is 1. The number of imide groups is 1. The van der Waals surface area contributed by atoms with Crippen molar-refractivity contribution in [2.75, 3.05) is 0 Å². The van der Waals surface area contributed by atoms with Gasteiger partial charge in [0.2, 0.25) is 11.8 Å². The highest BCUT2D eigenvalue weighted by Crippen LogP contribution is 2.32. The van der Waals surface area contributed by atoms with Crippen molar-refractivity contribution in [3.05, 3.63) is 53.4 Å². The van der Waals surface area contributed by atoms with Crippen LogP contribution in [0, 0.1) is 12.8 Å². The first-order valence-electron chi connectivity index (χ1n) is 14.2. The van der Waals surface area contributed by atoms with Crippen molar-refractivity contribution in [2.45, 2.75) is 90.3 Å². The van der Waals surface area contributed by atoms with E-state index < -0.39 is 30.0 Å². The number of carboxylic acid groups (broad SMARTS) is 1. The molecule has 0 unspecified atom stereocenters. The number of nitrogens with two attached hydrogens (primary N) is 1. The van der Waals surface area contributed by atoms with Crippen LogP contribution in [0.2, 0.25) is 0 Å². The van der Waals surface area contributed by atoms with Crippen LogP contribution in [0.1, 0.15) is 92.5 Å². The van der Waals surface area contributed by atoms with Gasteiger partial charge in [-0.15, -0.1) is 0 Å². The number of hydrogen-bond acceptors (Lipinski definition) is 6. The van der Waals surface area contributed by atoms with Crippen molar-refractivity contribution in [2.24, 2.45) is 18.7 Å². The number of carbonyl (C=O) groups is 3. The molecule has 2 heterocycles. The number of carbonyl (C=O) groups excluding carboxylic acids is 2. The molecule has 3 amide bonds. The Morgan fingerprint density at radius 2 is 1.85 bits per heavy atom. The molecule has 1 fully saturated rings. The molecule has 1 saturated carbocycles. The molecule has 0 saturated heterocycles. The molecule has 4 rings (SSSR count). The van der Waals surface area contributed by atoms with Gasteiger partial charge in [-0.3, -0.25) is 9.69 Å². The van der Waals surface area contributed by atoms with E-state index in [4.69, 9.17) is 10.2 Å². The van der Waals surface area contributed by atoms with Crippen LogP contribution in [0.25, 0.3) is 10.9 Å². The molecule has 40 heavy (non-hydrogen) atoms. The van der Waals surface area contributed by atoms with Gasteiger partial charge in [-0.1, -0.05) is 57.7 Å². The molecule has 216 valence electrons. The van der Waals surface area contributed by atoms with E-state index in [9.17, 15) is 19.5 Å². The summed E-state index contributed by atoms with van der Waals surface area (Å²) in [4.78, 5) is 45.2. The van der Waals surface area contributed by atoms with Gasteiger partial charge >= 0.3 is 12.0 Å². The van der Waals surface area contributed by atoms with Gasteiger partial charge < -0.3 is 25.1 Å². The third kappa shape index (κ3) is 6.55. The second-order valence-electron chi connectivity index (χ2n) is 11.3. The summed E-state index contributed by atoms with van der Waals surface area (Å²) in [6.45, 7) is 5.44. The second kappa shape index (κ2) is 12.7. The first kappa shape index (κ1) is 29.3. The van der Waals surface area contributed by atoms with Crippen LogP contribution in [0.5, 0.6) is 0 Å².